The van der Waals surface area contributed by atoms with Crippen LogP contribution in [0.1, 0.15) is 31.9 Å². The Hall–Kier alpha value is -2.14. The van der Waals surface area contributed by atoms with Crippen molar-refractivity contribution in [3.8, 4) is 0 Å². The smallest absolute Gasteiger partial charge is 0.273 e. The maximum Gasteiger partial charge on any atom is 0.273 e. The summed E-state index contributed by atoms with van der Waals surface area (Å²) in [6.07, 6.45) is 4.09. The number of carbonyl (C=O) groups is 1. The largest absolute Gasteiger partial charge is 0.366 e. The van der Waals surface area contributed by atoms with Crippen molar-refractivity contribution in [3.63, 3.8) is 0 Å². The van der Waals surface area contributed by atoms with Crippen LogP contribution in [0.4, 0.5) is 5.69 Å². The first-order valence-corrected chi connectivity index (χ1v) is 7.60. The van der Waals surface area contributed by atoms with Gasteiger partial charge in [-0.25, -0.2) is 0 Å². The third-order valence-corrected chi connectivity index (χ3v) is 4.48. The molecule has 22 heavy (non-hydrogen) atoms. The zero-order valence-electron chi connectivity index (χ0n) is 13.2. The first-order valence-electron chi connectivity index (χ1n) is 7.20. The first kappa shape index (κ1) is 14.8. The molecule has 0 spiro atoms. The van der Waals surface area contributed by atoms with E-state index in [2.05, 4.69) is 61.6 Å². The number of likely N-dealkylation sites (N-methyl/N-ethyl adjacent to an activating group) is 1. The summed E-state index contributed by atoms with van der Waals surface area (Å²) in [4.78, 5) is 14.0. The molecule has 0 atom stereocenters. The Bertz CT molecular complexity index is 746. The topological polar surface area (TPSA) is 44.4 Å². The van der Waals surface area contributed by atoms with E-state index in [9.17, 15) is 4.79 Å². The van der Waals surface area contributed by atoms with Gasteiger partial charge in [-0.1, -0.05) is 12.1 Å². The van der Waals surface area contributed by atoms with Crippen LogP contribution in [0.25, 0.3) is 11.6 Å². The third-order valence-electron chi connectivity index (χ3n) is 4.27. The molecule has 0 bridgehead atoms. The van der Waals surface area contributed by atoms with E-state index in [1.807, 2.05) is 12.1 Å². The van der Waals surface area contributed by atoms with Crippen LogP contribution in [0, 0.1) is 0 Å². The standard InChI is InChI=1S/C17H19N3OS/c1-10-9-17(2,3)20(4)14-6-5-11(7-12(10)14)8-13-15(21)19-16(22)18-13/h5-9H,1-4H3,(H2,18,19,21,22)/b13-8-. The Morgan fingerprint density at radius 1 is 1.27 bits per heavy atom. The number of anilines is 1. The van der Waals surface area contributed by atoms with E-state index in [0.717, 1.165) is 5.56 Å². The van der Waals surface area contributed by atoms with Gasteiger partial charge in [0.2, 0.25) is 0 Å². The minimum Gasteiger partial charge on any atom is -0.366 e. The molecule has 0 aromatic heterocycles. The summed E-state index contributed by atoms with van der Waals surface area (Å²) in [6, 6.07) is 6.23. The van der Waals surface area contributed by atoms with Crippen LogP contribution in [0.5, 0.6) is 0 Å². The lowest BCUT2D eigenvalue weighted by atomic mass is 9.88. The highest BCUT2D eigenvalue weighted by Crippen LogP contribution is 2.38. The number of thiocarbonyl (C=S) groups is 1. The molecule has 2 aliphatic rings. The van der Waals surface area contributed by atoms with Crippen LogP contribution in [-0.4, -0.2) is 23.6 Å². The number of nitrogens with one attached hydrogen (secondary N) is 2. The van der Waals surface area contributed by atoms with Gasteiger partial charge in [-0.2, -0.15) is 0 Å². The lowest BCUT2D eigenvalue weighted by molar-refractivity contribution is -0.115. The van der Waals surface area contributed by atoms with Gasteiger partial charge in [0.25, 0.3) is 5.91 Å². The molecule has 3 rings (SSSR count). The molecule has 1 aromatic carbocycles. The number of hydrogen-bond acceptors (Lipinski definition) is 3. The van der Waals surface area contributed by atoms with Gasteiger partial charge in [-0.15, -0.1) is 0 Å². The summed E-state index contributed by atoms with van der Waals surface area (Å²) < 4.78 is 0. The van der Waals surface area contributed by atoms with Gasteiger partial charge >= 0.3 is 0 Å². The zero-order valence-corrected chi connectivity index (χ0v) is 14.0. The normalized spacial score (nSPS) is 21.4. The zero-order chi connectivity index (χ0) is 16.1. The van der Waals surface area contributed by atoms with E-state index in [1.54, 1.807) is 0 Å². The summed E-state index contributed by atoms with van der Waals surface area (Å²) in [6.45, 7) is 6.52. The molecule has 5 heteroatoms. The quantitative estimate of drug-likeness (QED) is 0.618. The van der Waals surface area contributed by atoms with E-state index in [1.165, 1.54) is 16.8 Å². The molecule has 0 unspecified atom stereocenters. The fraction of sp³-hybridized carbons (Fsp3) is 0.294. The van der Waals surface area contributed by atoms with Gasteiger partial charge in [0.15, 0.2) is 5.11 Å². The van der Waals surface area contributed by atoms with Crippen LogP contribution in [0.15, 0.2) is 30.0 Å². The second-order valence-electron chi connectivity index (χ2n) is 6.28. The van der Waals surface area contributed by atoms with Crippen LogP contribution in [0.3, 0.4) is 0 Å². The number of amides is 1. The van der Waals surface area contributed by atoms with Crippen molar-refractivity contribution in [2.75, 3.05) is 11.9 Å². The molecule has 1 fully saturated rings. The second-order valence-corrected chi connectivity index (χ2v) is 6.69. The number of hydrogen-bond donors (Lipinski definition) is 2. The van der Waals surface area contributed by atoms with E-state index in [-0.39, 0.29) is 11.4 Å². The second kappa shape index (κ2) is 4.95. The lowest BCUT2D eigenvalue weighted by Crippen LogP contribution is -2.42. The van der Waals surface area contributed by atoms with Crippen LogP contribution in [-0.2, 0) is 4.79 Å². The van der Waals surface area contributed by atoms with Crippen molar-refractivity contribution in [3.05, 3.63) is 41.1 Å². The summed E-state index contributed by atoms with van der Waals surface area (Å²) in [5.41, 5.74) is 5.09. The van der Waals surface area contributed by atoms with Crippen LogP contribution < -0.4 is 15.5 Å². The van der Waals surface area contributed by atoms with Crippen molar-refractivity contribution in [1.82, 2.24) is 10.6 Å². The van der Waals surface area contributed by atoms with Gasteiger partial charge in [-0.3, -0.25) is 10.1 Å². The number of rotatable bonds is 1. The molecular formula is C17H19N3OS. The number of nitrogens with zero attached hydrogens (tertiary/aromatic N) is 1. The van der Waals surface area contributed by atoms with E-state index in [4.69, 9.17) is 12.2 Å². The number of allylic oxidation sites excluding steroid dienone is 1. The van der Waals surface area contributed by atoms with Gasteiger partial charge in [0, 0.05) is 18.3 Å². The van der Waals surface area contributed by atoms with E-state index < -0.39 is 0 Å². The minimum atomic E-state index is -0.187. The summed E-state index contributed by atoms with van der Waals surface area (Å²) >= 11 is 4.95. The van der Waals surface area contributed by atoms with Crippen molar-refractivity contribution >= 4 is 40.6 Å². The van der Waals surface area contributed by atoms with Crippen molar-refractivity contribution in [1.29, 1.82) is 0 Å². The molecule has 114 valence electrons. The highest BCUT2D eigenvalue weighted by atomic mass is 32.1. The Morgan fingerprint density at radius 3 is 2.64 bits per heavy atom. The molecule has 0 radical (unpaired) electrons. The fourth-order valence-corrected chi connectivity index (χ4v) is 3.12. The molecule has 2 heterocycles. The maximum absolute atomic E-state index is 11.7. The predicted octanol–water partition coefficient (Wildman–Crippen LogP) is 2.66. The maximum atomic E-state index is 11.7. The first-order chi connectivity index (χ1) is 10.3. The lowest BCUT2D eigenvalue weighted by Gasteiger charge is -2.40. The Balaban J connectivity index is 2.02. The van der Waals surface area contributed by atoms with E-state index >= 15 is 0 Å². The average Bonchev–Trinajstić information content (AvgIpc) is 2.74. The van der Waals surface area contributed by atoms with Crippen molar-refractivity contribution in [2.45, 2.75) is 26.3 Å². The van der Waals surface area contributed by atoms with Crippen molar-refractivity contribution in [2.24, 2.45) is 0 Å². The third kappa shape index (κ3) is 2.41. The summed E-state index contributed by atoms with van der Waals surface area (Å²) in [7, 11) is 2.10. The van der Waals surface area contributed by atoms with Gasteiger partial charge in [0.1, 0.15) is 5.70 Å². The van der Waals surface area contributed by atoms with Crippen molar-refractivity contribution < 1.29 is 4.79 Å². The van der Waals surface area contributed by atoms with Gasteiger partial charge in [-0.05, 0) is 62.3 Å². The number of fused-ring (bicyclic) bond motifs is 1. The molecule has 1 saturated heterocycles. The van der Waals surface area contributed by atoms with Gasteiger partial charge < -0.3 is 10.2 Å². The summed E-state index contributed by atoms with van der Waals surface area (Å²) in [5, 5.41) is 5.80. The van der Waals surface area contributed by atoms with Gasteiger partial charge in [0.05, 0.1) is 5.54 Å². The molecule has 2 aliphatic heterocycles. The Morgan fingerprint density at radius 2 is 2.00 bits per heavy atom. The molecule has 2 N–H and O–H groups in total. The number of benzene rings is 1. The Kier molecular flexibility index (Phi) is 3.33. The van der Waals surface area contributed by atoms with E-state index in [0.29, 0.717) is 10.8 Å². The molecule has 1 amide bonds. The summed E-state index contributed by atoms with van der Waals surface area (Å²) in [5.74, 6) is -0.187. The fourth-order valence-electron chi connectivity index (χ4n) is 2.92. The predicted molar refractivity (Wildman–Crippen MR) is 94.4 cm³/mol. The molecule has 4 nitrogen and oxygen atoms in total. The van der Waals surface area contributed by atoms with Crippen LogP contribution >= 0.6 is 12.2 Å². The SMILES string of the molecule is CC1=CC(C)(C)N(C)c2ccc(/C=C3\NC(=S)NC3=O)cc21. The molecule has 0 aliphatic carbocycles. The highest BCUT2D eigenvalue weighted by molar-refractivity contribution is 7.80. The highest BCUT2D eigenvalue weighted by Gasteiger charge is 2.28. The molecule has 1 aromatic rings. The monoisotopic (exact) mass is 313 g/mol. The number of carbonyl (C=O) groups excluding carboxylic acids is 1. The molecule has 0 saturated carbocycles. The van der Waals surface area contributed by atoms with Crippen LogP contribution in [0.2, 0.25) is 0 Å². The average molecular weight is 313 g/mol. The Labute approximate surface area is 135 Å². The minimum absolute atomic E-state index is 0.00382. The molecular weight excluding hydrogens is 294 g/mol.